The molecule has 5 aliphatic rings. The molecule has 0 atom stereocenters. The molecule has 103 heavy (non-hydrogen) atoms. The highest BCUT2D eigenvalue weighted by Gasteiger charge is 2.38. The SMILES string of the molecule is CC(C)N1CCc2c(sc(NC(=O)CN3C(=O)CCC3=O)c2-c2nc3ccccc3s2)C1.CN1CCc2c(sc(NC(=O)CN3C(=O)c4ccccc4C3=O)c2-c2nc3ccccc3s2)C1.CN1CCc2c(sc(NC(=O)c3cc4c(ccc5ccccc54)oc3=O)c2-c2nc3ccccc3s2)C1. The molecule has 1 fully saturated rings. The minimum atomic E-state index is -0.650. The van der Waals surface area contributed by atoms with Gasteiger partial charge < -0.3 is 30.2 Å². The molecule has 0 aliphatic carbocycles. The van der Waals surface area contributed by atoms with Gasteiger partial charge in [-0.05, 0) is 135 Å². The number of para-hydroxylation sites is 3. The average Bonchev–Trinajstić information content (AvgIpc) is 1.72. The van der Waals surface area contributed by atoms with Crippen molar-refractivity contribution >= 4 is 177 Å². The Hall–Kier alpha value is -9.87. The number of thiophene rings is 3. The van der Waals surface area contributed by atoms with Gasteiger partial charge in [0.05, 0.1) is 41.8 Å². The lowest BCUT2D eigenvalue weighted by atomic mass is 10.0. The van der Waals surface area contributed by atoms with Gasteiger partial charge in [0, 0.05) is 94.9 Å². The van der Waals surface area contributed by atoms with Crippen molar-refractivity contribution in [1.82, 2.24) is 39.5 Å². The largest absolute Gasteiger partial charge is 0.422 e. The second-order valence-electron chi connectivity index (χ2n) is 26.2. The van der Waals surface area contributed by atoms with Gasteiger partial charge in [-0.1, -0.05) is 78.9 Å². The van der Waals surface area contributed by atoms with Crippen molar-refractivity contribution < 1.29 is 38.0 Å². The van der Waals surface area contributed by atoms with Gasteiger partial charge in [0.2, 0.25) is 23.6 Å². The molecule has 0 unspecified atom stereocenters. The third-order valence-electron chi connectivity index (χ3n) is 19.1. The first kappa shape index (κ1) is 67.6. The maximum Gasteiger partial charge on any atom is 0.349 e. The first-order chi connectivity index (χ1) is 49.9. The summed E-state index contributed by atoms with van der Waals surface area (Å²) in [5.41, 5.74) is 9.91. The second-order valence-corrected chi connectivity index (χ2v) is 32.6. The van der Waals surface area contributed by atoms with E-state index in [0.29, 0.717) is 22.8 Å². The lowest BCUT2D eigenvalue weighted by Gasteiger charge is -2.30. The van der Waals surface area contributed by atoms with Gasteiger partial charge in [-0.25, -0.2) is 19.7 Å². The van der Waals surface area contributed by atoms with Crippen molar-refractivity contribution in [3.8, 4) is 31.7 Å². The normalized spacial score (nSPS) is 15.4. The molecule has 518 valence electrons. The van der Waals surface area contributed by atoms with Gasteiger partial charge in [-0.2, -0.15) is 0 Å². The van der Waals surface area contributed by atoms with Crippen molar-refractivity contribution in [1.29, 1.82) is 0 Å². The molecule has 18 rings (SSSR count). The van der Waals surface area contributed by atoms with E-state index in [0.717, 1.165) is 162 Å². The fraction of sp³-hybridized carbons (Fsp3) is 0.234. The zero-order chi connectivity index (χ0) is 70.9. The molecule has 3 N–H and O–H groups in total. The fourth-order valence-electron chi connectivity index (χ4n) is 13.8. The Morgan fingerprint density at radius 1 is 0.476 bits per heavy atom. The molecule has 0 bridgehead atoms. The molecule has 0 saturated carbocycles. The van der Waals surface area contributed by atoms with E-state index in [1.807, 2.05) is 91.0 Å². The Labute approximate surface area is 613 Å². The summed E-state index contributed by atoms with van der Waals surface area (Å²) in [4.78, 5) is 129. The number of likely N-dealkylation sites (N-methyl/N-ethyl adjacent to an activating group) is 2. The molecule has 6 aromatic carbocycles. The first-order valence-corrected chi connectivity index (χ1v) is 38.6. The van der Waals surface area contributed by atoms with E-state index >= 15 is 0 Å². The van der Waals surface area contributed by atoms with Gasteiger partial charge in [-0.3, -0.25) is 48.3 Å². The number of fused-ring (bicyclic) bond motifs is 10. The lowest BCUT2D eigenvalue weighted by molar-refractivity contribution is -0.141. The predicted octanol–water partition coefficient (Wildman–Crippen LogP) is 14.7. The maximum atomic E-state index is 13.6. The van der Waals surface area contributed by atoms with Crippen LogP contribution in [0.25, 0.3) is 84.1 Å². The Bertz CT molecular complexity index is 5570. The molecule has 7 aromatic heterocycles. The highest BCUT2D eigenvalue weighted by Crippen LogP contribution is 2.49. The van der Waals surface area contributed by atoms with Crippen molar-refractivity contribution in [2.45, 2.75) is 71.6 Å². The van der Waals surface area contributed by atoms with Crippen molar-refractivity contribution in [2.24, 2.45) is 0 Å². The van der Waals surface area contributed by atoms with Crippen LogP contribution in [0, 0.1) is 0 Å². The molecule has 20 nitrogen and oxygen atoms in total. The third-order valence-corrected chi connectivity index (χ3v) is 25.6. The van der Waals surface area contributed by atoms with Crippen LogP contribution in [0.4, 0.5) is 15.0 Å². The summed E-state index contributed by atoms with van der Waals surface area (Å²) in [5, 5.41) is 16.6. The first-order valence-electron chi connectivity index (χ1n) is 33.7. The van der Waals surface area contributed by atoms with E-state index in [1.54, 1.807) is 104 Å². The molecule has 13 aromatic rings. The lowest BCUT2D eigenvalue weighted by Crippen LogP contribution is -2.37. The number of likely N-dealkylation sites (tertiary alicyclic amines) is 1. The van der Waals surface area contributed by atoms with Gasteiger partial charge in [0.1, 0.15) is 54.3 Å². The number of rotatable bonds is 12. The number of imide groups is 2. The van der Waals surface area contributed by atoms with Crippen molar-refractivity contribution in [3.05, 3.63) is 198 Å². The molecule has 1 saturated heterocycles. The summed E-state index contributed by atoms with van der Waals surface area (Å²) in [5.74, 6) is -2.66. The summed E-state index contributed by atoms with van der Waals surface area (Å²) in [6.07, 6.45) is 3.02. The number of hydrogen-bond donors (Lipinski definition) is 3. The van der Waals surface area contributed by atoms with Gasteiger partial charge in [-0.15, -0.1) is 68.0 Å². The number of benzene rings is 6. The molecule has 7 amide bonds. The van der Waals surface area contributed by atoms with E-state index in [2.05, 4.69) is 70.7 Å². The van der Waals surface area contributed by atoms with E-state index in [4.69, 9.17) is 19.4 Å². The third kappa shape index (κ3) is 13.2. The molecule has 0 radical (unpaired) electrons. The number of amides is 7. The van der Waals surface area contributed by atoms with Crippen molar-refractivity contribution in [3.63, 3.8) is 0 Å². The molecule has 0 spiro atoms. The van der Waals surface area contributed by atoms with Crippen LogP contribution < -0.4 is 21.6 Å². The van der Waals surface area contributed by atoms with Crippen LogP contribution in [0.15, 0.2) is 149 Å². The quantitative estimate of drug-likeness (QED) is 0.0585. The Morgan fingerprint density at radius 2 is 0.913 bits per heavy atom. The smallest absolute Gasteiger partial charge is 0.349 e. The van der Waals surface area contributed by atoms with E-state index in [-0.39, 0.29) is 49.2 Å². The van der Waals surface area contributed by atoms with Gasteiger partial charge in [0.25, 0.3) is 17.7 Å². The summed E-state index contributed by atoms with van der Waals surface area (Å²) in [7, 11) is 4.18. The van der Waals surface area contributed by atoms with Crippen LogP contribution in [0.5, 0.6) is 0 Å². The number of nitrogens with one attached hydrogen (secondary N) is 3. The monoisotopic (exact) mass is 1480 g/mol. The topological polar surface area (TPSA) is 241 Å². The number of nitrogens with zero attached hydrogens (tertiary/aromatic N) is 8. The number of hydrogen-bond acceptors (Lipinski definition) is 21. The average molecular weight is 1480 g/mol. The Kier molecular flexibility index (Phi) is 18.4. The maximum absolute atomic E-state index is 13.6. The second kappa shape index (κ2) is 28.1. The summed E-state index contributed by atoms with van der Waals surface area (Å²) < 4.78 is 8.88. The number of carbonyl (C=O) groups excluding carboxylic acids is 7. The number of carbonyl (C=O) groups is 7. The summed E-state index contributed by atoms with van der Waals surface area (Å²) in [6, 6.07) is 44.4. The molecular formula is C77H65N11O9S6. The fourth-order valence-corrected chi connectivity index (χ4v) is 21.1. The summed E-state index contributed by atoms with van der Waals surface area (Å²) in [6.45, 7) is 9.13. The van der Waals surface area contributed by atoms with Gasteiger partial charge >= 0.3 is 5.63 Å². The van der Waals surface area contributed by atoms with Crippen LogP contribution in [-0.2, 0) is 58.1 Å². The Morgan fingerprint density at radius 3 is 1.41 bits per heavy atom. The minimum Gasteiger partial charge on any atom is -0.422 e. The molecule has 12 heterocycles. The van der Waals surface area contributed by atoms with Crippen LogP contribution in [0.1, 0.15) is 89.1 Å². The van der Waals surface area contributed by atoms with Crippen LogP contribution >= 0.6 is 68.0 Å². The number of thiazole rings is 3. The molecule has 5 aliphatic heterocycles. The summed E-state index contributed by atoms with van der Waals surface area (Å²) >= 11 is 9.55. The minimum absolute atomic E-state index is 0.0115. The number of anilines is 3. The zero-order valence-electron chi connectivity index (χ0n) is 56.3. The van der Waals surface area contributed by atoms with E-state index < -0.39 is 29.3 Å². The Balaban J connectivity index is 0.000000120. The van der Waals surface area contributed by atoms with Crippen LogP contribution in [0.3, 0.4) is 0 Å². The highest BCUT2D eigenvalue weighted by molar-refractivity contribution is 7.24. The predicted molar refractivity (Wildman–Crippen MR) is 411 cm³/mol. The van der Waals surface area contributed by atoms with Crippen molar-refractivity contribution in [2.75, 3.05) is 62.8 Å². The van der Waals surface area contributed by atoms with E-state index in [1.165, 1.54) is 31.3 Å². The van der Waals surface area contributed by atoms with Crippen LogP contribution in [-0.4, -0.2) is 134 Å². The van der Waals surface area contributed by atoms with Gasteiger partial charge in [0.15, 0.2) is 0 Å². The highest BCUT2D eigenvalue weighted by atomic mass is 32.1. The zero-order valence-corrected chi connectivity index (χ0v) is 61.1. The van der Waals surface area contributed by atoms with Crippen LogP contribution in [0.2, 0.25) is 0 Å². The molecule has 26 heteroatoms. The standard InChI is InChI=1S/C29H21N3O3S2.C25H20N4O3S2.C23H24N4O3S2/c1-32-13-12-18-24(15-32)37-28(25(18)27-30-21-8-4-5-9-23(21)36-27)31-26(33)20-14-19-17-7-3-2-6-16(17)10-11-22(19)35-29(20)34;1-28-11-10-16-19(12-28)34-23(21(16)22-26-17-8-4-5-9-18(17)33-22)27-20(30)13-29-24(31)14-6-2-3-7-15(14)25(29)32;1-13(2)26-10-9-14-17(11-26)32-23(25-18(28)12-27-19(29)7-8-20(27)30)21(14)22-24-15-5-3-4-6-16(15)31-22/h2-11,14H,12-13,15H2,1H3,(H,31,33);2-9H,10-13H2,1H3,(H,27,30);3-6,13H,7-12H2,1-2H3,(H,25,28). The van der Waals surface area contributed by atoms with E-state index in [9.17, 15) is 38.4 Å². The molecular weight excluding hydrogens is 1420 g/mol. The number of aromatic nitrogens is 3.